The summed E-state index contributed by atoms with van der Waals surface area (Å²) in [6, 6.07) is 0. The number of unbranched alkanes of at least 4 members (excludes halogenated alkanes) is 3. The van der Waals surface area contributed by atoms with Crippen molar-refractivity contribution < 1.29 is 9.32 Å². The van der Waals surface area contributed by atoms with Gasteiger partial charge in [0.1, 0.15) is 0 Å². The van der Waals surface area contributed by atoms with Gasteiger partial charge in [-0.2, -0.15) is 4.98 Å². The highest BCUT2D eigenvalue weighted by molar-refractivity contribution is 5.76. The Labute approximate surface area is 138 Å². The molecule has 0 aromatic carbocycles. The maximum Gasteiger partial charge on any atom is 0.226 e. The second-order valence-electron chi connectivity index (χ2n) is 6.07. The van der Waals surface area contributed by atoms with E-state index in [1.807, 2.05) is 11.8 Å². The Kier molecular flexibility index (Phi) is 7.48. The average Bonchev–Trinajstić information content (AvgIpc) is 3.03. The smallest absolute Gasteiger partial charge is 0.226 e. The molecule has 0 atom stereocenters. The summed E-state index contributed by atoms with van der Waals surface area (Å²) >= 11 is 0. The van der Waals surface area contributed by atoms with Crippen molar-refractivity contribution >= 4 is 5.91 Å². The minimum Gasteiger partial charge on any atom is -0.340 e. The topological polar surface area (TPSA) is 88.5 Å². The number of nitrogens with zero attached hydrogens (tertiary/aromatic N) is 4. The van der Waals surface area contributed by atoms with Crippen molar-refractivity contribution in [3.8, 4) is 0 Å². The number of rotatable bonds is 9. The SMILES string of the molecule is CCc1nc(CN2CCN(C(=O)CCCCCCN)CC2)no1. The van der Waals surface area contributed by atoms with E-state index in [1.165, 1.54) is 0 Å². The van der Waals surface area contributed by atoms with Crippen LogP contribution >= 0.6 is 0 Å². The third-order valence-electron chi connectivity index (χ3n) is 4.25. The molecule has 2 rings (SSSR count). The van der Waals surface area contributed by atoms with Gasteiger partial charge in [0.05, 0.1) is 6.54 Å². The molecule has 2 N–H and O–H groups in total. The third kappa shape index (κ3) is 5.91. The van der Waals surface area contributed by atoms with Gasteiger partial charge in [-0.1, -0.05) is 24.9 Å². The molecule has 1 aromatic rings. The fraction of sp³-hybridized carbons (Fsp3) is 0.812. The number of carbonyl (C=O) groups excluding carboxylic acids is 1. The van der Waals surface area contributed by atoms with Gasteiger partial charge >= 0.3 is 0 Å². The van der Waals surface area contributed by atoms with Crippen LogP contribution in [0, 0.1) is 0 Å². The molecule has 7 heteroatoms. The van der Waals surface area contributed by atoms with E-state index in [0.29, 0.717) is 18.9 Å². The molecule has 0 bridgehead atoms. The zero-order valence-corrected chi connectivity index (χ0v) is 14.2. The van der Waals surface area contributed by atoms with E-state index in [0.717, 1.165) is 70.7 Å². The number of piperazine rings is 1. The van der Waals surface area contributed by atoms with Gasteiger partial charge in [-0.15, -0.1) is 0 Å². The number of aromatic nitrogens is 2. The first-order valence-corrected chi connectivity index (χ1v) is 8.74. The Bertz CT molecular complexity index is 469. The lowest BCUT2D eigenvalue weighted by atomic mass is 10.1. The molecule has 0 spiro atoms. The highest BCUT2D eigenvalue weighted by atomic mass is 16.5. The first kappa shape index (κ1) is 17.9. The highest BCUT2D eigenvalue weighted by Gasteiger charge is 2.21. The quantitative estimate of drug-likeness (QED) is 0.687. The number of carbonyl (C=O) groups is 1. The summed E-state index contributed by atoms with van der Waals surface area (Å²) in [4.78, 5) is 20.8. The van der Waals surface area contributed by atoms with Crippen LogP contribution in [0.4, 0.5) is 0 Å². The van der Waals surface area contributed by atoms with Crippen LogP contribution in [0.3, 0.4) is 0 Å². The standard InChI is InChI=1S/C16H29N5O2/c1-2-15-18-14(19-23-15)13-20-9-11-21(12-10-20)16(22)7-5-3-4-6-8-17/h2-13,17H2,1H3. The van der Waals surface area contributed by atoms with Gasteiger partial charge in [0.15, 0.2) is 5.82 Å². The van der Waals surface area contributed by atoms with Gasteiger partial charge in [-0.3, -0.25) is 9.69 Å². The Morgan fingerprint density at radius 3 is 2.57 bits per heavy atom. The van der Waals surface area contributed by atoms with Crippen LogP contribution in [0.2, 0.25) is 0 Å². The van der Waals surface area contributed by atoms with Crippen molar-refractivity contribution in [2.45, 2.75) is 52.0 Å². The summed E-state index contributed by atoms with van der Waals surface area (Å²) in [6.07, 6.45) is 5.68. The van der Waals surface area contributed by atoms with E-state index in [9.17, 15) is 4.79 Å². The number of hydrogen-bond acceptors (Lipinski definition) is 6. The second-order valence-corrected chi connectivity index (χ2v) is 6.07. The number of amides is 1. The molecular weight excluding hydrogens is 294 g/mol. The Balaban J connectivity index is 1.64. The van der Waals surface area contributed by atoms with Gasteiger partial charge in [0.2, 0.25) is 11.8 Å². The molecule has 0 saturated carbocycles. The zero-order valence-electron chi connectivity index (χ0n) is 14.2. The normalized spacial score (nSPS) is 16.0. The van der Waals surface area contributed by atoms with Crippen LogP contribution in [0.1, 0.15) is 50.7 Å². The van der Waals surface area contributed by atoms with Crippen LogP contribution in [-0.4, -0.2) is 58.6 Å². The van der Waals surface area contributed by atoms with Crippen molar-refractivity contribution in [2.24, 2.45) is 5.73 Å². The van der Waals surface area contributed by atoms with Crippen LogP contribution in [-0.2, 0) is 17.8 Å². The minimum absolute atomic E-state index is 0.283. The lowest BCUT2D eigenvalue weighted by molar-refractivity contribution is -0.133. The van der Waals surface area contributed by atoms with E-state index >= 15 is 0 Å². The average molecular weight is 323 g/mol. The molecule has 1 amide bonds. The highest BCUT2D eigenvalue weighted by Crippen LogP contribution is 2.10. The molecule has 1 aliphatic heterocycles. The van der Waals surface area contributed by atoms with E-state index < -0.39 is 0 Å². The molecule has 1 saturated heterocycles. The maximum atomic E-state index is 12.2. The van der Waals surface area contributed by atoms with E-state index in [4.69, 9.17) is 10.3 Å². The van der Waals surface area contributed by atoms with Gasteiger partial charge in [-0.25, -0.2) is 0 Å². The first-order chi connectivity index (χ1) is 11.2. The van der Waals surface area contributed by atoms with Crippen molar-refractivity contribution in [1.82, 2.24) is 19.9 Å². The van der Waals surface area contributed by atoms with Crippen LogP contribution in [0.15, 0.2) is 4.52 Å². The Morgan fingerprint density at radius 2 is 1.91 bits per heavy atom. The molecule has 1 aromatic heterocycles. The van der Waals surface area contributed by atoms with Crippen molar-refractivity contribution in [3.05, 3.63) is 11.7 Å². The van der Waals surface area contributed by atoms with Gasteiger partial charge < -0.3 is 15.2 Å². The number of hydrogen-bond donors (Lipinski definition) is 1. The lowest BCUT2D eigenvalue weighted by Crippen LogP contribution is -2.48. The molecule has 1 fully saturated rings. The van der Waals surface area contributed by atoms with E-state index in [2.05, 4.69) is 15.0 Å². The van der Waals surface area contributed by atoms with Crippen LogP contribution in [0.25, 0.3) is 0 Å². The largest absolute Gasteiger partial charge is 0.340 e. The van der Waals surface area contributed by atoms with Gasteiger partial charge in [0, 0.05) is 39.0 Å². The molecule has 0 radical (unpaired) electrons. The number of aryl methyl sites for hydroxylation is 1. The predicted octanol–water partition coefficient (Wildman–Crippen LogP) is 1.19. The molecule has 0 aliphatic carbocycles. The zero-order chi connectivity index (χ0) is 16.5. The predicted molar refractivity (Wildman–Crippen MR) is 87.7 cm³/mol. The van der Waals surface area contributed by atoms with E-state index in [-0.39, 0.29) is 5.91 Å². The number of nitrogens with two attached hydrogens (primary N) is 1. The fourth-order valence-electron chi connectivity index (χ4n) is 2.79. The summed E-state index contributed by atoms with van der Waals surface area (Å²) in [6.45, 7) is 6.77. The fourth-order valence-corrected chi connectivity index (χ4v) is 2.79. The first-order valence-electron chi connectivity index (χ1n) is 8.74. The second kappa shape index (κ2) is 9.62. The van der Waals surface area contributed by atoms with Crippen LogP contribution in [0.5, 0.6) is 0 Å². The Morgan fingerprint density at radius 1 is 1.17 bits per heavy atom. The summed E-state index contributed by atoms with van der Waals surface area (Å²) < 4.78 is 5.13. The monoisotopic (exact) mass is 323 g/mol. The molecule has 130 valence electrons. The van der Waals surface area contributed by atoms with Crippen molar-refractivity contribution in [2.75, 3.05) is 32.7 Å². The van der Waals surface area contributed by atoms with Gasteiger partial charge in [0.25, 0.3) is 0 Å². The van der Waals surface area contributed by atoms with Crippen molar-refractivity contribution in [1.29, 1.82) is 0 Å². The summed E-state index contributed by atoms with van der Waals surface area (Å²) in [5, 5.41) is 3.98. The third-order valence-corrected chi connectivity index (χ3v) is 4.25. The summed E-state index contributed by atoms with van der Waals surface area (Å²) in [7, 11) is 0. The van der Waals surface area contributed by atoms with E-state index in [1.54, 1.807) is 0 Å². The maximum absolute atomic E-state index is 12.2. The van der Waals surface area contributed by atoms with Crippen molar-refractivity contribution in [3.63, 3.8) is 0 Å². The summed E-state index contributed by atoms with van der Waals surface area (Å²) in [5.41, 5.74) is 5.47. The molecule has 2 heterocycles. The molecule has 23 heavy (non-hydrogen) atoms. The summed E-state index contributed by atoms with van der Waals surface area (Å²) in [5.74, 6) is 1.70. The molecular formula is C16H29N5O2. The molecule has 0 unspecified atom stereocenters. The lowest BCUT2D eigenvalue weighted by Gasteiger charge is -2.34. The van der Waals surface area contributed by atoms with Crippen LogP contribution < -0.4 is 5.73 Å². The molecule has 7 nitrogen and oxygen atoms in total. The Hall–Kier alpha value is -1.47. The minimum atomic E-state index is 0.283. The molecule has 1 aliphatic rings. The van der Waals surface area contributed by atoms with Gasteiger partial charge in [-0.05, 0) is 19.4 Å².